The first kappa shape index (κ1) is 14.8. The van der Waals surface area contributed by atoms with Crippen molar-refractivity contribution in [3.63, 3.8) is 0 Å². The minimum atomic E-state index is -0.176. The standard InChI is InChI=1S/C16H29NO2/c1-4-16(2,3)12-7-9-13(10-8-12)17-15(18)14-6-5-11-19-14/h12-14H,4-11H2,1-3H3,(H,17,18)/t12?,13?,14-/m1/s1. The van der Waals surface area contributed by atoms with Crippen LogP contribution >= 0.6 is 0 Å². The Bertz CT molecular complexity index is 300. The van der Waals surface area contributed by atoms with Crippen molar-refractivity contribution in [2.75, 3.05) is 6.61 Å². The van der Waals surface area contributed by atoms with Crippen LogP contribution < -0.4 is 5.32 Å². The summed E-state index contributed by atoms with van der Waals surface area (Å²) in [7, 11) is 0. The topological polar surface area (TPSA) is 38.3 Å². The van der Waals surface area contributed by atoms with Gasteiger partial charge in [-0.25, -0.2) is 0 Å². The molecule has 1 N–H and O–H groups in total. The second kappa shape index (κ2) is 6.25. The Labute approximate surface area is 117 Å². The summed E-state index contributed by atoms with van der Waals surface area (Å²) in [5.74, 6) is 0.934. The summed E-state index contributed by atoms with van der Waals surface area (Å²) < 4.78 is 5.44. The summed E-state index contributed by atoms with van der Waals surface area (Å²) in [6.07, 6.45) is 7.74. The molecule has 0 unspecified atom stereocenters. The van der Waals surface area contributed by atoms with Crippen LogP contribution in [0.3, 0.4) is 0 Å². The highest BCUT2D eigenvalue weighted by atomic mass is 16.5. The van der Waals surface area contributed by atoms with Gasteiger partial charge in [-0.15, -0.1) is 0 Å². The molecule has 1 atom stereocenters. The lowest BCUT2D eigenvalue weighted by molar-refractivity contribution is -0.131. The van der Waals surface area contributed by atoms with Gasteiger partial charge in [-0.1, -0.05) is 27.2 Å². The summed E-state index contributed by atoms with van der Waals surface area (Å²) in [5.41, 5.74) is 0.448. The molecule has 1 aliphatic carbocycles. The van der Waals surface area contributed by atoms with Gasteiger partial charge in [0.1, 0.15) is 6.10 Å². The minimum Gasteiger partial charge on any atom is -0.368 e. The Morgan fingerprint density at radius 2 is 1.89 bits per heavy atom. The van der Waals surface area contributed by atoms with Gasteiger partial charge in [-0.3, -0.25) is 4.79 Å². The zero-order valence-corrected chi connectivity index (χ0v) is 12.7. The minimum absolute atomic E-state index is 0.121. The molecule has 19 heavy (non-hydrogen) atoms. The van der Waals surface area contributed by atoms with Crippen molar-refractivity contribution in [1.82, 2.24) is 5.32 Å². The number of amides is 1. The van der Waals surface area contributed by atoms with Crippen molar-refractivity contribution >= 4 is 5.91 Å². The van der Waals surface area contributed by atoms with Gasteiger partial charge in [-0.2, -0.15) is 0 Å². The Morgan fingerprint density at radius 1 is 1.21 bits per heavy atom. The molecule has 3 nitrogen and oxygen atoms in total. The van der Waals surface area contributed by atoms with Crippen molar-refractivity contribution in [2.45, 2.75) is 77.9 Å². The Kier molecular flexibility index (Phi) is 4.88. The summed E-state index contributed by atoms with van der Waals surface area (Å²) in [4.78, 5) is 12.0. The molecule has 110 valence electrons. The number of nitrogens with one attached hydrogen (secondary N) is 1. The summed E-state index contributed by atoms with van der Waals surface area (Å²) >= 11 is 0. The van der Waals surface area contributed by atoms with Gasteiger partial charge in [-0.05, 0) is 49.9 Å². The fourth-order valence-electron chi connectivity index (χ4n) is 3.39. The van der Waals surface area contributed by atoms with E-state index in [2.05, 4.69) is 26.1 Å². The van der Waals surface area contributed by atoms with Crippen molar-refractivity contribution in [3.05, 3.63) is 0 Å². The van der Waals surface area contributed by atoms with Crippen molar-refractivity contribution in [1.29, 1.82) is 0 Å². The summed E-state index contributed by atoms with van der Waals surface area (Å²) in [5, 5.41) is 3.19. The van der Waals surface area contributed by atoms with Crippen LogP contribution in [-0.4, -0.2) is 24.7 Å². The van der Waals surface area contributed by atoms with Crippen LogP contribution in [0.15, 0.2) is 0 Å². The van der Waals surface area contributed by atoms with Crippen LogP contribution in [0.5, 0.6) is 0 Å². The van der Waals surface area contributed by atoms with E-state index in [0.29, 0.717) is 11.5 Å². The Balaban J connectivity index is 1.75. The number of hydrogen-bond acceptors (Lipinski definition) is 2. The van der Waals surface area contributed by atoms with Crippen LogP contribution in [0.4, 0.5) is 0 Å². The molecule has 1 heterocycles. The van der Waals surface area contributed by atoms with E-state index in [0.717, 1.165) is 38.2 Å². The molecule has 0 bridgehead atoms. The lowest BCUT2D eigenvalue weighted by atomic mass is 9.69. The third-order valence-electron chi connectivity index (χ3n) is 5.31. The van der Waals surface area contributed by atoms with Gasteiger partial charge in [0.15, 0.2) is 0 Å². The molecular formula is C16H29NO2. The number of ether oxygens (including phenoxy) is 1. The first-order chi connectivity index (χ1) is 9.03. The van der Waals surface area contributed by atoms with Crippen LogP contribution in [0.2, 0.25) is 0 Å². The molecule has 2 aliphatic rings. The van der Waals surface area contributed by atoms with Gasteiger partial charge in [0.05, 0.1) is 0 Å². The summed E-state index contributed by atoms with van der Waals surface area (Å²) in [6.45, 7) is 7.78. The Morgan fingerprint density at radius 3 is 2.42 bits per heavy atom. The van der Waals surface area contributed by atoms with E-state index < -0.39 is 0 Å². The SMILES string of the molecule is CCC(C)(C)C1CCC(NC(=O)[C@H]2CCCO2)CC1. The van der Waals surface area contributed by atoms with E-state index in [1.165, 1.54) is 19.3 Å². The molecule has 2 fully saturated rings. The monoisotopic (exact) mass is 267 g/mol. The molecule has 1 saturated carbocycles. The molecule has 1 amide bonds. The molecule has 0 aromatic rings. The van der Waals surface area contributed by atoms with Crippen LogP contribution in [0.1, 0.15) is 65.7 Å². The molecule has 0 radical (unpaired) electrons. The van der Waals surface area contributed by atoms with Crippen molar-refractivity contribution in [3.8, 4) is 0 Å². The molecule has 1 aliphatic heterocycles. The predicted molar refractivity (Wildman–Crippen MR) is 76.9 cm³/mol. The Hall–Kier alpha value is -0.570. The first-order valence-electron chi connectivity index (χ1n) is 7.95. The zero-order chi connectivity index (χ0) is 13.9. The van der Waals surface area contributed by atoms with E-state index in [1.807, 2.05) is 0 Å². The molecule has 3 heteroatoms. The smallest absolute Gasteiger partial charge is 0.249 e. The van der Waals surface area contributed by atoms with Gasteiger partial charge >= 0.3 is 0 Å². The summed E-state index contributed by atoms with van der Waals surface area (Å²) in [6, 6.07) is 0.376. The van der Waals surface area contributed by atoms with Gasteiger partial charge in [0, 0.05) is 12.6 Å². The van der Waals surface area contributed by atoms with Gasteiger partial charge < -0.3 is 10.1 Å². The molecular weight excluding hydrogens is 238 g/mol. The number of hydrogen-bond donors (Lipinski definition) is 1. The van der Waals surface area contributed by atoms with E-state index in [1.54, 1.807) is 0 Å². The fraction of sp³-hybridized carbons (Fsp3) is 0.938. The van der Waals surface area contributed by atoms with Gasteiger partial charge in [0.25, 0.3) is 0 Å². The average molecular weight is 267 g/mol. The highest BCUT2D eigenvalue weighted by Crippen LogP contribution is 2.40. The predicted octanol–water partition coefficient (Wildman–Crippen LogP) is 3.28. The lowest BCUT2D eigenvalue weighted by Gasteiger charge is -2.39. The van der Waals surface area contributed by atoms with E-state index >= 15 is 0 Å². The van der Waals surface area contributed by atoms with Crippen molar-refractivity contribution < 1.29 is 9.53 Å². The maximum atomic E-state index is 12.0. The van der Waals surface area contributed by atoms with Crippen LogP contribution in [-0.2, 0) is 9.53 Å². The maximum Gasteiger partial charge on any atom is 0.249 e. The normalized spacial score (nSPS) is 32.3. The number of rotatable bonds is 4. The third kappa shape index (κ3) is 3.71. The molecule has 2 rings (SSSR count). The molecule has 0 aromatic carbocycles. The van der Waals surface area contributed by atoms with Crippen molar-refractivity contribution in [2.24, 2.45) is 11.3 Å². The van der Waals surface area contributed by atoms with E-state index in [4.69, 9.17) is 4.74 Å². The highest BCUT2D eigenvalue weighted by molar-refractivity contribution is 5.81. The second-order valence-electron chi connectivity index (χ2n) is 6.90. The largest absolute Gasteiger partial charge is 0.368 e. The molecule has 0 spiro atoms. The first-order valence-corrected chi connectivity index (χ1v) is 7.95. The highest BCUT2D eigenvalue weighted by Gasteiger charge is 2.33. The van der Waals surface area contributed by atoms with Crippen LogP contribution in [0, 0.1) is 11.3 Å². The average Bonchev–Trinajstić information content (AvgIpc) is 2.93. The molecule has 1 saturated heterocycles. The maximum absolute atomic E-state index is 12.0. The van der Waals surface area contributed by atoms with Gasteiger partial charge in [0.2, 0.25) is 5.91 Å². The van der Waals surface area contributed by atoms with E-state index in [9.17, 15) is 4.79 Å². The lowest BCUT2D eigenvalue weighted by Crippen LogP contribution is -2.44. The third-order valence-corrected chi connectivity index (χ3v) is 5.31. The zero-order valence-electron chi connectivity index (χ0n) is 12.7. The van der Waals surface area contributed by atoms with E-state index in [-0.39, 0.29) is 12.0 Å². The fourth-order valence-corrected chi connectivity index (χ4v) is 3.39. The molecule has 0 aromatic heterocycles. The second-order valence-corrected chi connectivity index (χ2v) is 6.90. The number of carbonyl (C=O) groups is 1. The number of carbonyl (C=O) groups excluding carboxylic acids is 1. The van der Waals surface area contributed by atoms with Crippen LogP contribution in [0.25, 0.3) is 0 Å². The quantitative estimate of drug-likeness (QED) is 0.849.